The van der Waals surface area contributed by atoms with Gasteiger partial charge < -0.3 is 5.11 Å². The highest BCUT2D eigenvalue weighted by atomic mass is 19.4. The average Bonchev–Trinajstić information content (AvgIpc) is 2.64. The summed E-state index contributed by atoms with van der Waals surface area (Å²) in [6, 6.07) is 0. The largest absolute Gasteiger partial charge is 0.435 e. The van der Waals surface area contributed by atoms with Crippen LogP contribution in [0.4, 0.5) is 13.2 Å². The predicted molar refractivity (Wildman–Crippen MR) is 46.1 cm³/mol. The third-order valence-corrected chi connectivity index (χ3v) is 2.52. The molecule has 0 amide bonds. The number of hydrogen-bond donors (Lipinski definition) is 1. The lowest BCUT2D eigenvalue weighted by molar-refractivity contribution is -0.142. The second-order valence-electron chi connectivity index (χ2n) is 4.08. The standard InChI is InChI=1S/C9H11F3N2O/c1-14-5-6(4-8(15)2-3-8)7(13-14)9(10,11)12/h5,15H,2-4H2,1H3. The number of alkyl halides is 3. The Morgan fingerprint density at radius 2 is 2.13 bits per heavy atom. The zero-order chi connectivity index (χ0) is 11.3. The first kappa shape index (κ1) is 10.5. The van der Waals surface area contributed by atoms with Crippen molar-refractivity contribution in [2.24, 2.45) is 7.05 Å². The highest BCUT2D eigenvalue weighted by molar-refractivity contribution is 5.24. The van der Waals surface area contributed by atoms with Gasteiger partial charge in [0.1, 0.15) is 0 Å². The van der Waals surface area contributed by atoms with Gasteiger partial charge >= 0.3 is 6.18 Å². The first-order chi connectivity index (χ1) is 6.80. The van der Waals surface area contributed by atoms with E-state index in [2.05, 4.69) is 5.10 Å². The Labute approximate surface area is 84.5 Å². The second-order valence-corrected chi connectivity index (χ2v) is 4.08. The number of hydrogen-bond acceptors (Lipinski definition) is 2. The fraction of sp³-hybridized carbons (Fsp3) is 0.667. The lowest BCUT2D eigenvalue weighted by Gasteiger charge is -2.08. The molecule has 1 aromatic rings. The minimum atomic E-state index is -4.44. The van der Waals surface area contributed by atoms with E-state index >= 15 is 0 Å². The van der Waals surface area contributed by atoms with Crippen LogP contribution in [0.5, 0.6) is 0 Å². The molecule has 0 saturated heterocycles. The van der Waals surface area contributed by atoms with Crippen LogP contribution in [-0.2, 0) is 19.6 Å². The zero-order valence-corrected chi connectivity index (χ0v) is 8.17. The minimum absolute atomic E-state index is 0.0374. The van der Waals surface area contributed by atoms with Gasteiger partial charge in [0.05, 0.1) is 5.60 Å². The van der Waals surface area contributed by atoms with Gasteiger partial charge in [-0.1, -0.05) is 0 Å². The number of aliphatic hydroxyl groups is 1. The number of halogens is 3. The molecule has 1 aliphatic rings. The third kappa shape index (κ3) is 2.14. The van der Waals surface area contributed by atoms with Crippen LogP contribution in [0.25, 0.3) is 0 Å². The Morgan fingerprint density at radius 1 is 1.53 bits per heavy atom. The molecule has 1 fully saturated rings. The third-order valence-electron chi connectivity index (χ3n) is 2.52. The first-order valence-corrected chi connectivity index (χ1v) is 4.62. The number of aryl methyl sites for hydroxylation is 1. The van der Waals surface area contributed by atoms with Crippen LogP contribution in [0.3, 0.4) is 0 Å². The molecule has 0 atom stereocenters. The van der Waals surface area contributed by atoms with Gasteiger partial charge in [-0.15, -0.1) is 0 Å². The molecule has 84 valence electrons. The van der Waals surface area contributed by atoms with Gasteiger partial charge in [-0.2, -0.15) is 18.3 Å². The molecule has 1 heterocycles. The quantitative estimate of drug-likeness (QED) is 0.820. The van der Waals surface area contributed by atoms with Gasteiger partial charge in [0.25, 0.3) is 0 Å². The average molecular weight is 220 g/mol. The molecule has 0 unspecified atom stereocenters. The van der Waals surface area contributed by atoms with Crippen molar-refractivity contribution in [2.45, 2.75) is 31.0 Å². The predicted octanol–water partition coefficient (Wildman–Crippen LogP) is 1.51. The van der Waals surface area contributed by atoms with Crippen molar-refractivity contribution in [3.05, 3.63) is 17.5 Å². The molecule has 0 aromatic carbocycles. The van der Waals surface area contributed by atoms with Gasteiger partial charge in [0.2, 0.25) is 0 Å². The molecule has 0 spiro atoms. The van der Waals surface area contributed by atoms with Gasteiger partial charge in [-0.25, -0.2) is 0 Å². The van der Waals surface area contributed by atoms with Crippen LogP contribution in [0.1, 0.15) is 24.1 Å². The maximum Gasteiger partial charge on any atom is 0.435 e. The summed E-state index contributed by atoms with van der Waals surface area (Å²) in [4.78, 5) is 0. The van der Waals surface area contributed by atoms with Crippen LogP contribution in [0.15, 0.2) is 6.20 Å². The number of rotatable bonds is 2. The Balaban J connectivity index is 2.29. The monoisotopic (exact) mass is 220 g/mol. The molecule has 15 heavy (non-hydrogen) atoms. The van der Waals surface area contributed by atoms with Crippen LogP contribution >= 0.6 is 0 Å². The van der Waals surface area contributed by atoms with Crippen molar-refractivity contribution in [2.75, 3.05) is 0 Å². The van der Waals surface area contributed by atoms with E-state index in [1.165, 1.54) is 13.2 Å². The summed E-state index contributed by atoms with van der Waals surface area (Å²) in [6.45, 7) is 0. The van der Waals surface area contributed by atoms with Gasteiger partial charge in [-0.05, 0) is 12.8 Å². The normalized spacial score (nSPS) is 19.3. The highest BCUT2D eigenvalue weighted by Gasteiger charge is 2.44. The van der Waals surface area contributed by atoms with E-state index in [1.54, 1.807) is 0 Å². The van der Waals surface area contributed by atoms with E-state index in [0.717, 1.165) is 4.68 Å². The molecule has 0 radical (unpaired) electrons. The molecule has 1 aromatic heterocycles. The molecular formula is C9H11F3N2O. The van der Waals surface area contributed by atoms with Crippen molar-refractivity contribution < 1.29 is 18.3 Å². The lowest BCUT2D eigenvalue weighted by atomic mass is 10.1. The second kappa shape index (κ2) is 2.98. The summed E-state index contributed by atoms with van der Waals surface area (Å²) in [5.74, 6) is 0. The summed E-state index contributed by atoms with van der Waals surface area (Å²) in [5.41, 5.74) is -1.74. The number of nitrogens with zero attached hydrogens (tertiary/aromatic N) is 2. The SMILES string of the molecule is Cn1cc(CC2(O)CC2)c(C(F)(F)F)n1. The minimum Gasteiger partial charge on any atom is -0.390 e. The fourth-order valence-electron chi connectivity index (χ4n) is 1.58. The zero-order valence-electron chi connectivity index (χ0n) is 8.17. The Morgan fingerprint density at radius 3 is 2.60 bits per heavy atom. The lowest BCUT2D eigenvalue weighted by Crippen LogP contribution is -2.15. The molecule has 6 heteroatoms. The maximum absolute atomic E-state index is 12.5. The van der Waals surface area contributed by atoms with Crippen molar-refractivity contribution in [1.82, 2.24) is 9.78 Å². The molecule has 0 aliphatic heterocycles. The molecule has 3 nitrogen and oxygen atoms in total. The van der Waals surface area contributed by atoms with Crippen LogP contribution in [-0.4, -0.2) is 20.5 Å². The maximum atomic E-state index is 12.5. The van der Waals surface area contributed by atoms with Gasteiger partial charge in [-0.3, -0.25) is 4.68 Å². The topological polar surface area (TPSA) is 38.0 Å². The van der Waals surface area contributed by atoms with E-state index in [9.17, 15) is 18.3 Å². The van der Waals surface area contributed by atoms with Crippen LogP contribution in [0, 0.1) is 0 Å². The molecular weight excluding hydrogens is 209 g/mol. The summed E-state index contributed by atoms with van der Waals surface area (Å²) in [6.07, 6.45) is -1.95. The Kier molecular flexibility index (Phi) is 2.08. The van der Waals surface area contributed by atoms with Crippen LogP contribution in [0.2, 0.25) is 0 Å². The van der Waals surface area contributed by atoms with Crippen molar-refractivity contribution in [3.63, 3.8) is 0 Å². The summed E-state index contributed by atoms with van der Waals surface area (Å²) in [7, 11) is 1.44. The summed E-state index contributed by atoms with van der Waals surface area (Å²) >= 11 is 0. The molecule has 2 rings (SSSR count). The van der Waals surface area contributed by atoms with E-state index < -0.39 is 17.5 Å². The Hall–Kier alpha value is -1.04. The van der Waals surface area contributed by atoms with Gasteiger partial charge in [0.15, 0.2) is 5.69 Å². The molecule has 1 aliphatic carbocycles. The van der Waals surface area contributed by atoms with E-state index in [4.69, 9.17) is 0 Å². The Bertz CT molecular complexity index is 379. The van der Waals surface area contributed by atoms with Crippen molar-refractivity contribution >= 4 is 0 Å². The van der Waals surface area contributed by atoms with Gasteiger partial charge in [0, 0.05) is 25.2 Å². The first-order valence-electron chi connectivity index (χ1n) is 4.62. The van der Waals surface area contributed by atoms with Crippen molar-refractivity contribution in [3.8, 4) is 0 Å². The molecule has 1 N–H and O–H groups in total. The van der Waals surface area contributed by atoms with E-state index in [1.807, 2.05) is 0 Å². The molecule has 0 bridgehead atoms. The van der Waals surface area contributed by atoms with Crippen LogP contribution < -0.4 is 0 Å². The van der Waals surface area contributed by atoms with E-state index in [-0.39, 0.29) is 12.0 Å². The highest BCUT2D eigenvalue weighted by Crippen LogP contribution is 2.40. The van der Waals surface area contributed by atoms with Crippen molar-refractivity contribution in [1.29, 1.82) is 0 Å². The fourth-order valence-corrected chi connectivity index (χ4v) is 1.58. The molecule has 1 saturated carbocycles. The smallest absolute Gasteiger partial charge is 0.390 e. The summed E-state index contributed by atoms with van der Waals surface area (Å²) in [5, 5.41) is 13.0. The number of aromatic nitrogens is 2. The summed E-state index contributed by atoms with van der Waals surface area (Å²) < 4.78 is 38.6. The van der Waals surface area contributed by atoms with E-state index in [0.29, 0.717) is 12.8 Å².